The van der Waals surface area contributed by atoms with E-state index < -0.39 is 23.6 Å². The summed E-state index contributed by atoms with van der Waals surface area (Å²) in [5, 5.41) is 14.1. The summed E-state index contributed by atoms with van der Waals surface area (Å²) in [6.07, 6.45) is 0.0833. The van der Waals surface area contributed by atoms with Gasteiger partial charge in [0.25, 0.3) is 0 Å². The lowest BCUT2D eigenvalue weighted by Gasteiger charge is -2.41. The van der Waals surface area contributed by atoms with Gasteiger partial charge in [0.1, 0.15) is 23.6 Å². The first-order valence-electron chi connectivity index (χ1n) is 9.69. The van der Waals surface area contributed by atoms with Crippen LogP contribution in [0.1, 0.15) is 41.5 Å². The van der Waals surface area contributed by atoms with Crippen molar-refractivity contribution in [2.24, 2.45) is 0 Å². The topological polar surface area (TPSA) is 104 Å². The van der Waals surface area contributed by atoms with Gasteiger partial charge in [0.15, 0.2) is 0 Å². The van der Waals surface area contributed by atoms with Gasteiger partial charge in [-0.25, -0.2) is 4.98 Å². The summed E-state index contributed by atoms with van der Waals surface area (Å²) in [6.45, 7) is 10.5. The van der Waals surface area contributed by atoms with Gasteiger partial charge in [0.05, 0.1) is 18.0 Å². The van der Waals surface area contributed by atoms with Crippen LogP contribution in [0.2, 0.25) is 0 Å². The van der Waals surface area contributed by atoms with Gasteiger partial charge in [-0.05, 0) is 59.7 Å². The fourth-order valence-electron chi connectivity index (χ4n) is 2.90. The molecule has 0 saturated heterocycles. The summed E-state index contributed by atoms with van der Waals surface area (Å²) < 4.78 is 11.4. The molecular weight excluding hydrogens is 386 g/mol. The molecule has 0 aliphatic rings. The van der Waals surface area contributed by atoms with E-state index in [-0.39, 0.29) is 6.10 Å². The molecule has 0 bridgehead atoms. The van der Waals surface area contributed by atoms with E-state index in [0.29, 0.717) is 23.1 Å². The fourth-order valence-corrected chi connectivity index (χ4v) is 2.90. The molecule has 8 heteroatoms. The second kappa shape index (κ2) is 9.47. The zero-order valence-corrected chi connectivity index (χ0v) is 18.1. The Morgan fingerprint density at radius 1 is 1.10 bits per heavy atom. The molecule has 30 heavy (non-hydrogen) atoms. The highest BCUT2D eigenvalue weighted by Crippen LogP contribution is 2.25. The van der Waals surface area contributed by atoms with Crippen molar-refractivity contribution in [1.82, 2.24) is 9.88 Å². The Hall–Kier alpha value is -3.29. The molecule has 2 rings (SSSR count). The van der Waals surface area contributed by atoms with Gasteiger partial charge in [-0.15, -0.1) is 0 Å². The van der Waals surface area contributed by atoms with E-state index in [1.807, 2.05) is 26.0 Å². The third-order valence-electron chi connectivity index (χ3n) is 4.09. The van der Waals surface area contributed by atoms with Crippen LogP contribution in [0.15, 0.2) is 42.6 Å². The molecule has 8 nitrogen and oxygen atoms in total. The first kappa shape index (κ1) is 23.0. The summed E-state index contributed by atoms with van der Waals surface area (Å²) in [7, 11) is 0. The van der Waals surface area contributed by atoms with E-state index in [9.17, 15) is 14.7 Å². The molecule has 0 unspecified atom stereocenters. The summed E-state index contributed by atoms with van der Waals surface area (Å²) in [5.41, 5.74) is -0.359. The summed E-state index contributed by atoms with van der Waals surface area (Å²) in [4.78, 5) is 29.1. The predicted molar refractivity (Wildman–Crippen MR) is 112 cm³/mol. The van der Waals surface area contributed by atoms with Gasteiger partial charge < -0.3 is 29.6 Å². The Bertz CT molecular complexity index is 875. The smallest absolute Gasteiger partial charge is 0.246 e. The molecular formula is C22H28N3O5-. The molecule has 2 amide bonds. The van der Waals surface area contributed by atoms with E-state index in [4.69, 9.17) is 9.47 Å². The standard InChI is InChI=1S/C22H29N3O5/c1-14(2)29-17-8-7-9-18(12-17)30-19-11-10-16(13-23-19)24-20(26)15(3)25(21(27)28)22(4,5)6/h7-15H,1-6H3,(H,24,26)(H,27,28)/p-1/t15-/m1/s1. The number of amides is 2. The molecule has 0 aliphatic carbocycles. The monoisotopic (exact) mass is 414 g/mol. The van der Waals surface area contributed by atoms with Gasteiger partial charge in [-0.3, -0.25) is 4.79 Å². The van der Waals surface area contributed by atoms with Crippen molar-refractivity contribution in [3.63, 3.8) is 0 Å². The number of carboxylic acid groups (broad SMARTS) is 1. The van der Waals surface area contributed by atoms with Crippen LogP contribution in [-0.4, -0.2) is 39.6 Å². The zero-order valence-electron chi connectivity index (χ0n) is 18.1. The Balaban J connectivity index is 2.04. The Kier molecular flexibility index (Phi) is 7.26. The number of pyridine rings is 1. The minimum absolute atomic E-state index is 0.0507. The maximum absolute atomic E-state index is 12.5. The average molecular weight is 414 g/mol. The van der Waals surface area contributed by atoms with Crippen LogP contribution in [0, 0.1) is 0 Å². The molecule has 162 valence electrons. The molecule has 0 spiro atoms. The average Bonchev–Trinajstić information content (AvgIpc) is 2.61. The second-order valence-electron chi connectivity index (χ2n) is 8.10. The molecule has 0 fully saturated rings. The lowest BCUT2D eigenvalue weighted by atomic mass is 10.0. The van der Waals surface area contributed by atoms with Gasteiger partial charge in [-0.1, -0.05) is 6.07 Å². The van der Waals surface area contributed by atoms with Crippen LogP contribution in [0.3, 0.4) is 0 Å². The third-order valence-corrected chi connectivity index (χ3v) is 4.09. The van der Waals surface area contributed by atoms with E-state index >= 15 is 0 Å². The lowest BCUT2D eigenvalue weighted by Crippen LogP contribution is -2.58. The molecule has 0 saturated carbocycles. The highest BCUT2D eigenvalue weighted by atomic mass is 16.5. The zero-order chi connectivity index (χ0) is 22.5. The van der Waals surface area contributed by atoms with Crippen molar-refractivity contribution in [3.8, 4) is 17.4 Å². The quantitative estimate of drug-likeness (QED) is 0.744. The van der Waals surface area contributed by atoms with Gasteiger partial charge in [0, 0.05) is 17.7 Å². The molecule has 1 aromatic heterocycles. The number of ether oxygens (including phenoxy) is 2. The lowest BCUT2D eigenvalue weighted by molar-refractivity contribution is -0.272. The van der Waals surface area contributed by atoms with Crippen LogP contribution >= 0.6 is 0 Å². The highest BCUT2D eigenvalue weighted by Gasteiger charge is 2.30. The van der Waals surface area contributed by atoms with Gasteiger partial charge >= 0.3 is 0 Å². The molecule has 1 N–H and O–H groups in total. The number of carbonyl (C=O) groups is 2. The van der Waals surface area contributed by atoms with Crippen molar-refractivity contribution >= 4 is 17.7 Å². The van der Waals surface area contributed by atoms with E-state index in [0.717, 1.165) is 4.90 Å². The number of nitrogens with zero attached hydrogens (tertiary/aromatic N) is 2. The second-order valence-corrected chi connectivity index (χ2v) is 8.10. The Morgan fingerprint density at radius 2 is 1.77 bits per heavy atom. The molecule has 0 aliphatic heterocycles. The van der Waals surface area contributed by atoms with Crippen LogP contribution in [0.5, 0.6) is 17.4 Å². The Morgan fingerprint density at radius 3 is 2.30 bits per heavy atom. The normalized spacial score (nSPS) is 12.2. The van der Waals surface area contributed by atoms with E-state index in [1.54, 1.807) is 45.0 Å². The number of carbonyl (C=O) groups excluding carboxylic acids is 2. The predicted octanol–water partition coefficient (Wildman–Crippen LogP) is 3.43. The summed E-state index contributed by atoms with van der Waals surface area (Å²) in [5.74, 6) is 1.12. The fraction of sp³-hybridized carbons (Fsp3) is 0.409. The van der Waals surface area contributed by atoms with Gasteiger partial charge in [0.2, 0.25) is 11.8 Å². The SMILES string of the molecule is CC(C)Oc1cccc(Oc2ccc(NC(=O)[C@@H](C)N(C(=O)[O-])C(C)(C)C)cn2)c1. The van der Waals surface area contributed by atoms with Crippen molar-refractivity contribution in [2.75, 3.05) is 5.32 Å². The number of rotatable bonds is 7. The number of hydrogen-bond donors (Lipinski definition) is 1. The number of anilines is 1. The van der Waals surface area contributed by atoms with Crippen molar-refractivity contribution < 1.29 is 24.2 Å². The van der Waals surface area contributed by atoms with Crippen molar-refractivity contribution in [3.05, 3.63) is 42.6 Å². The minimum Gasteiger partial charge on any atom is -0.530 e. The first-order valence-corrected chi connectivity index (χ1v) is 9.69. The Labute approximate surface area is 176 Å². The van der Waals surface area contributed by atoms with Crippen LogP contribution < -0.4 is 19.9 Å². The van der Waals surface area contributed by atoms with E-state index in [1.165, 1.54) is 13.1 Å². The molecule has 1 atom stereocenters. The van der Waals surface area contributed by atoms with Crippen LogP contribution in [0.4, 0.5) is 10.5 Å². The molecule has 1 heterocycles. The van der Waals surface area contributed by atoms with Crippen molar-refractivity contribution in [1.29, 1.82) is 0 Å². The maximum atomic E-state index is 12.5. The molecule has 2 aromatic rings. The third kappa shape index (κ3) is 6.37. The van der Waals surface area contributed by atoms with E-state index in [2.05, 4.69) is 10.3 Å². The first-order chi connectivity index (χ1) is 14.0. The van der Waals surface area contributed by atoms with Crippen molar-refractivity contribution in [2.45, 2.75) is 59.2 Å². The summed E-state index contributed by atoms with van der Waals surface area (Å²) >= 11 is 0. The number of hydrogen-bond acceptors (Lipinski definition) is 6. The molecule has 1 aromatic carbocycles. The van der Waals surface area contributed by atoms with Crippen LogP contribution in [-0.2, 0) is 4.79 Å². The number of aromatic nitrogens is 1. The molecule has 0 radical (unpaired) electrons. The largest absolute Gasteiger partial charge is 0.530 e. The number of benzene rings is 1. The number of nitrogens with one attached hydrogen (secondary N) is 1. The minimum atomic E-state index is -1.41. The van der Waals surface area contributed by atoms with Crippen LogP contribution in [0.25, 0.3) is 0 Å². The maximum Gasteiger partial charge on any atom is 0.246 e. The van der Waals surface area contributed by atoms with Gasteiger partial charge in [-0.2, -0.15) is 0 Å². The highest BCUT2D eigenvalue weighted by molar-refractivity contribution is 5.96. The summed E-state index contributed by atoms with van der Waals surface area (Å²) in [6, 6.07) is 9.51.